The molecule has 33 heavy (non-hydrogen) atoms. The highest BCUT2D eigenvalue weighted by atomic mass is 16.7. The Labute approximate surface area is 192 Å². The number of pyridine rings is 1. The zero-order valence-corrected chi connectivity index (χ0v) is 18.5. The van der Waals surface area contributed by atoms with Crippen LogP contribution >= 0.6 is 0 Å². The van der Waals surface area contributed by atoms with Crippen LogP contribution in [0.1, 0.15) is 29.6 Å². The number of hydrogen-bond donors (Lipinski definition) is 1. The first kappa shape index (κ1) is 21.0. The second kappa shape index (κ2) is 9.34. The normalized spacial score (nSPS) is 14.2. The average Bonchev–Trinajstić information content (AvgIpc) is 3.29. The van der Waals surface area contributed by atoms with Crippen molar-refractivity contribution < 1.29 is 14.4 Å². The molecule has 168 valence electrons. The van der Waals surface area contributed by atoms with E-state index >= 15 is 0 Å². The Morgan fingerprint density at radius 3 is 2.58 bits per heavy atom. The van der Waals surface area contributed by atoms with Crippen LogP contribution in [0.3, 0.4) is 0 Å². The minimum atomic E-state index is -0.231. The maximum Gasteiger partial charge on any atom is 0.259 e. The van der Waals surface area contributed by atoms with Gasteiger partial charge < -0.3 is 19.3 Å². The number of imidazole rings is 1. The Balaban J connectivity index is 1.33. The van der Waals surface area contributed by atoms with E-state index in [0.29, 0.717) is 22.7 Å². The van der Waals surface area contributed by atoms with E-state index in [1.54, 1.807) is 25.3 Å². The van der Waals surface area contributed by atoms with Crippen LogP contribution in [0.5, 0.6) is 11.5 Å². The van der Waals surface area contributed by atoms with Crippen LogP contribution in [-0.4, -0.2) is 40.6 Å². The fourth-order valence-corrected chi connectivity index (χ4v) is 3.98. The van der Waals surface area contributed by atoms with Gasteiger partial charge in [-0.3, -0.25) is 4.79 Å². The standard InChI is InChI=1S/C26H26N4O3/c1-32-21-12-13-22(24(17-21)33-30-15-4-2-5-16-30)26(31)27-20-10-8-19(9-11-20)23-18-29-14-6-3-7-25(29)28-23/h3,6-14,17-18H,2,4-5,15-16H2,1H3,(H,27,31). The maximum atomic E-state index is 13.1. The molecule has 0 radical (unpaired) electrons. The first-order valence-corrected chi connectivity index (χ1v) is 11.2. The molecule has 0 unspecified atom stereocenters. The van der Waals surface area contributed by atoms with Gasteiger partial charge in [-0.2, -0.15) is 0 Å². The highest BCUT2D eigenvalue weighted by Gasteiger charge is 2.19. The molecule has 1 saturated heterocycles. The molecular formula is C26H26N4O3. The molecule has 7 nitrogen and oxygen atoms in total. The van der Waals surface area contributed by atoms with Gasteiger partial charge in [0.25, 0.3) is 5.91 Å². The number of carbonyl (C=O) groups excluding carboxylic acids is 1. The fraction of sp³-hybridized carbons (Fsp3) is 0.231. The molecule has 1 aliphatic heterocycles. The van der Waals surface area contributed by atoms with Crippen molar-refractivity contribution in [1.82, 2.24) is 14.4 Å². The van der Waals surface area contributed by atoms with Gasteiger partial charge in [0, 0.05) is 42.8 Å². The molecule has 0 atom stereocenters. The molecule has 2 aromatic carbocycles. The summed E-state index contributed by atoms with van der Waals surface area (Å²) in [6.45, 7) is 1.70. The summed E-state index contributed by atoms with van der Waals surface area (Å²) in [6.07, 6.45) is 7.34. The largest absolute Gasteiger partial charge is 0.497 e. The maximum absolute atomic E-state index is 13.1. The van der Waals surface area contributed by atoms with Crippen LogP contribution in [0.2, 0.25) is 0 Å². The topological polar surface area (TPSA) is 68.1 Å². The van der Waals surface area contributed by atoms with Gasteiger partial charge in [0.2, 0.25) is 0 Å². The van der Waals surface area contributed by atoms with E-state index in [4.69, 9.17) is 9.57 Å². The molecule has 0 aliphatic carbocycles. The number of nitrogens with zero attached hydrogens (tertiary/aromatic N) is 3. The van der Waals surface area contributed by atoms with Crippen LogP contribution in [-0.2, 0) is 0 Å². The number of piperidine rings is 1. The molecule has 1 fully saturated rings. The highest BCUT2D eigenvalue weighted by Crippen LogP contribution is 2.28. The first-order valence-electron chi connectivity index (χ1n) is 11.2. The number of hydroxylamine groups is 2. The Kier molecular flexibility index (Phi) is 5.95. The summed E-state index contributed by atoms with van der Waals surface area (Å²) in [5.41, 5.74) is 3.92. The highest BCUT2D eigenvalue weighted by molar-refractivity contribution is 6.06. The van der Waals surface area contributed by atoms with Crippen LogP contribution in [0.25, 0.3) is 16.9 Å². The van der Waals surface area contributed by atoms with E-state index < -0.39 is 0 Å². The molecule has 7 heteroatoms. The predicted molar refractivity (Wildman–Crippen MR) is 128 cm³/mol. The molecule has 4 aromatic rings. The summed E-state index contributed by atoms with van der Waals surface area (Å²) in [7, 11) is 1.60. The Morgan fingerprint density at radius 2 is 1.82 bits per heavy atom. The minimum absolute atomic E-state index is 0.231. The van der Waals surface area contributed by atoms with Crippen LogP contribution < -0.4 is 14.9 Å². The monoisotopic (exact) mass is 442 g/mol. The number of ether oxygens (including phenoxy) is 1. The van der Waals surface area contributed by atoms with Crippen molar-refractivity contribution in [2.45, 2.75) is 19.3 Å². The van der Waals surface area contributed by atoms with Gasteiger partial charge in [0.05, 0.1) is 18.4 Å². The Hall–Kier alpha value is -3.84. The van der Waals surface area contributed by atoms with Crippen molar-refractivity contribution in [3.8, 4) is 22.8 Å². The second-order valence-electron chi connectivity index (χ2n) is 8.07. The zero-order chi connectivity index (χ0) is 22.6. The minimum Gasteiger partial charge on any atom is -0.497 e. The summed E-state index contributed by atoms with van der Waals surface area (Å²) < 4.78 is 7.32. The van der Waals surface area contributed by atoms with Crippen molar-refractivity contribution >= 4 is 17.2 Å². The molecule has 1 amide bonds. The van der Waals surface area contributed by atoms with Gasteiger partial charge in [0.1, 0.15) is 11.4 Å². The Bertz CT molecular complexity index is 1230. The predicted octanol–water partition coefficient (Wildman–Crippen LogP) is 5.04. The molecule has 3 heterocycles. The number of carbonyl (C=O) groups is 1. The number of fused-ring (bicyclic) bond motifs is 1. The number of rotatable bonds is 6. The number of nitrogens with one attached hydrogen (secondary N) is 1. The Morgan fingerprint density at radius 1 is 1.00 bits per heavy atom. The molecule has 2 aromatic heterocycles. The number of hydrogen-bond acceptors (Lipinski definition) is 5. The van der Waals surface area contributed by atoms with Gasteiger partial charge in [0.15, 0.2) is 5.75 Å². The second-order valence-corrected chi connectivity index (χ2v) is 8.07. The summed E-state index contributed by atoms with van der Waals surface area (Å²) in [6, 6.07) is 18.8. The van der Waals surface area contributed by atoms with Crippen LogP contribution in [0.4, 0.5) is 5.69 Å². The van der Waals surface area contributed by atoms with Crippen molar-refractivity contribution in [2.75, 3.05) is 25.5 Å². The SMILES string of the molecule is COc1ccc(C(=O)Nc2ccc(-c3cn4ccccc4n3)cc2)c(ON2CCCCC2)c1. The van der Waals surface area contributed by atoms with E-state index in [2.05, 4.69) is 10.3 Å². The molecule has 0 spiro atoms. The number of methoxy groups -OCH3 is 1. The molecule has 1 N–H and O–H groups in total. The van der Waals surface area contributed by atoms with E-state index in [1.165, 1.54) is 6.42 Å². The van der Waals surface area contributed by atoms with Gasteiger partial charge in [-0.15, -0.1) is 5.06 Å². The van der Waals surface area contributed by atoms with Crippen LogP contribution in [0.15, 0.2) is 73.1 Å². The summed E-state index contributed by atoms with van der Waals surface area (Å²) in [4.78, 5) is 23.8. The van der Waals surface area contributed by atoms with Crippen molar-refractivity contribution in [2.24, 2.45) is 0 Å². The lowest BCUT2D eigenvalue weighted by Gasteiger charge is -2.27. The summed E-state index contributed by atoms with van der Waals surface area (Å²) in [5, 5.41) is 4.89. The van der Waals surface area contributed by atoms with Crippen LogP contribution in [0, 0.1) is 0 Å². The van der Waals surface area contributed by atoms with Gasteiger partial charge in [-0.1, -0.05) is 24.6 Å². The van der Waals surface area contributed by atoms with Crippen molar-refractivity contribution in [1.29, 1.82) is 0 Å². The molecule has 1 aliphatic rings. The van der Waals surface area contributed by atoms with Gasteiger partial charge >= 0.3 is 0 Å². The molecule has 0 bridgehead atoms. The fourth-order valence-electron chi connectivity index (χ4n) is 3.98. The summed E-state index contributed by atoms with van der Waals surface area (Å²) >= 11 is 0. The third-order valence-electron chi connectivity index (χ3n) is 5.78. The lowest BCUT2D eigenvalue weighted by atomic mass is 10.1. The number of anilines is 1. The number of benzene rings is 2. The van der Waals surface area contributed by atoms with Gasteiger partial charge in [-0.05, 0) is 49.2 Å². The molecular weight excluding hydrogens is 416 g/mol. The van der Waals surface area contributed by atoms with Crippen molar-refractivity contribution in [3.63, 3.8) is 0 Å². The average molecular weight is 443 g/mol. The van der Waals surface area contributed by atoms with E-state index in [0.717, 1.165) is 42.8 Å². The quantitative estimate of drug-likeness (QED) is 0.453. The van der Waals surface area contributed by atoms with E-state index in [1.807, 2.05) is 64.3 Å². The van der Waals surface area contributed by atoms with E-state index in [9.17, 15) is 4.79 Å². The third-order valence-corrected chi connectivity index (χ3v) is 5.78. The summed E-state index contributed by atoms with van der Waals surface area (Å²) in [5.74, 6) is 0.913. The van der Waals surface area contributed by atoms with Gasteiger partial charge in [-0.25, -0.2) is 4.98 Å². The smallest absolute Gasteiger partial charge is 0.259 e. The number of amides is 1. The lowest BCUT2D eigenvalue weighted by molar-refractivity contribution is -0.0724. The van der Waals surface area contributed by atoms with Crippen molar-refractivity contribution in [3.05, 3.63) is 78.6 Å². The third kappa shape index (κ3) is 4.68. The molecule has 0 saturated carbocycles. The van der Waals surface area contributed by atoms with E-state index in [-0.39, 0.29) is 5.91 Å². The lowest BCUT2D eigenvalue weighted by Crippen LogP contribution is -2.33. The number of aromatic nitrogens is 2. The first-order chi connectivity index (χ1) is 16.2. The molecule has 5 rings (SSSR count). The zero-order valence-electron chi connectivity index (χ0n) is 18.5.